The number of rotatable bonds is 4. The van der Waals surface area contributed by atoms with E-state index < -0.39 is 5.97 Å². The minimum Gasteiger partial charge on any atom is -0.493 e. The molecule has 3 aromatic rings. The van der Waals surface area contributed by atoms with Gasteiger partial charge in [0.1, 0.15) is 10.6 Å². The summed E-state index contributed by atoms with van der Waals surface area (Å²) in [5.41, 5.74) is 1.27. The van der Waals surface area contributed by atoms with Crippen molar-refractivity contribution in [2.45, 2.75) is 6.92 Å². The van der Waals surface area contributed by atoms with Crippen LogP contribution in [0.15, 0.2) is 53.8 Å². The molecule has 2 heterocycles. The first-order chi connectivity index (χ1) is 12.0. The number of hydrogen-bond acceptors (Lipinski definition) is 7. The number of aliphatic imine (C=N–C) groups is 1. The van der Waals surface area contributed by atoms with Crippen LogP contribution in [0.3, 0.4) is 0 Å². The van der Waals surface area contributed by atoms with Crippen LogP contribution in [0.1, 0.15) is 11.8 Å². The van der Waals surface area contributed by atoms with Crippen molar-refractivity contribution < 1.29 is 14.6 Å². The Morgan fingerprint density at radius 1 is 1.40 bits per heavy atom. The molecule has 0 atom stereocenters. The molecule has 1 aromatic carbocycles. The number of esters is 1. The van der Waals surface area contributed by atoms with E-state index in [4.69, 9.17) is 17.0 Å². The Hall–Kier alpha value is -2.84. The Morgan fingerprint density at radius 2 is 2.24 bits per heavy atom. The summed E-state index contributed by atoms with van der Waals surface area (Å²) in [5.74, 6) is -0.0646. The number of benzene rings is 1. The highest BCUT2D eigenvalue weighted by Gasteiger charge is 2.13. The van der Waals surface area contributed by atoms with Crippen molar-refractivity contribution >= 4 is 41.4 Å². The molecule has 0 unspecified atom stereocenters. The normalized spacial score (nSPS) is 10.9. The molecule has 126 valence electrons. The van der Waals surface area contributed by atoms with Crippen molar-refractivity contribution in [3.63, 3.8) is 0 Å². The van der Waals surface area contributed by atoms with Crippen molar-refractivity contribution in [2.75, 3.05) is 0 Å². The van der Waals surface area contributed by atoms with Crippen molar-refractivity contribution in [1.29, 1.82) is 0 Å². The number of aromatic nitrogens is 2. The lowest BCUT2D eigenvalue weighted by molar-refractivity contribution is -0.131. The molecule has 25 heavy (non-hydrogen) atoms. The molecular weight excluding hydrogens is 358 g/mol. The molecule has 0 saturated heterocycles. The minimum absolute atomic E-state index is 0.0254. The highest BCUT2D eigenvalue weighted by Crippen LogP contribution is 2.30. The fraction of sp³-hybridized carbons (Fsp3) is 0.0588. The van der Waals surface area contributed by atoms with Gasteiger partial charge in [0.05, 0.1) is 23.8 Å². The molecule has 0 saturated carbocycles. The number of thiazole rings is 1. The van der Waals surface area contributed by atoms with Crippen molar-refractivity contribution in [1.82, 2.24) is 9.55 Å². The predicted molar refractivity (Wildman–Crippen MR) is 98.9 cm³/mol. The van der Waals surface area contributed by atoms with E-state index >= 15 is 0 Å². The largest absolute Gasteiger partial charge is 0.493 e. The lowest BCUT2D eigenvalue weighted by Crippen LogP contribution is -2.02. The van der Waals surface area contributed by atoms with Crippen LogP contribution >= 0.6 is 23.6 Å². The molecule has 6 nitrogen and oxygen atoms in total. The number of nitrogens with zero attached hydrogens (tertiary/aromatic N) is 3. The summed E-state index contributed by atoms with van der Waals surface area (Å²) in [7, 11) is 0. The van der Waals surface area contributed by atoms with E-state index in [0.29, 0.717) is 26.0 Å². The van der Waals surface area contributed by atoms with E-state index in [-0.39, 0.29) is 5.88 Å². The van der Waals surface area contributed by atoms with Gasteiger partial charge >= 0.3 is 5.97 Å². The molecule has 0 bridgehead atoms. The van der Waals surface area contributed by atoms with E-state index in [1.54, 1.807) is 55.0 Å². The lowest BCUT2D eigenvalue weighted by Gasteiger charge is -2.07. The summed E-state index contributed by atoms with van der Waals surface area (Å²) in [4.78, 5) is 19.9. The molecule has 3 rings (SSSR count). The van der Waals surface area contributed by atoms with Crippen LogP contribution in [0.5, 0.6) is 11.6 Å². The Bertz CT molecular complexity index is 994. The average Bonchev–Trinajstić information content (AvgIpc) is 2.87. The topological polar surface area (TPSA) is 76.7 Å². The molecule has 0 radical (unpaired) electrons. The molecule has 8 heteroatoms. The second-order valence-electron chi connectivity index (χ2n) is 4.95. The Labute approximate surface area is 152 Å². The highest BCUT2D eigenvalue weighted by atomic mass is 32.1. The molecule has 0 aliphatic carbocycles. The molecule has 0 spiro atoms. The summed E-state index contributed by atoms with van der Waals surface area (Å²) in [6.07, 6.45) is 4.82. The first kappa shape index (κ1) is 17.0. The predicted octanol–water partition coefficient (Wildman–Crippen LogP) is 4.04. The van der Waals surface area contributed by atoms with Gasteiger partial charge < -0.3 is 9.84 Å². The summed E-state index contributed by atoms with van der Waals surface area (Å²) < 4.78 is 7.02. The van der Waals surface area contributed by atoms with Gasteiger partial charge in [0.15, 0.2) is 3.95 Å². The number of ether oxygens (including phenoxy) is 1. The maximum Gasteiger partial charge on any atom is 0.308 e. The standard InChI is InChI=1S/C17H13N3O3S2/c1-11(21)23-14-6-2-5-13(8-14)20-16(22)15(25-17(20)24)10-19-12-4-3-7-18-9-12/h2-10,22H,1H3. The Balaban J connectivity index is 1.96. The monoisotopic (exact) mass is 371 g/mol. The van der Waals surface area contributed by atoms with Gasteiger partial charge in [0.25, 0.3) is 0 Å². The molecule has 1 N–H and O–H groups in total. The van der Waals surface area contributed by atoms with Gasteiger partial charge in [-0.1, -0.05) is 17.4 Å². The summed E-state index contributed by atoms with van der Waals surface area (Å²) in [5, 5.41) is 10.5. The van der Waals surface area contributed by atoms with E-state index in [9.17, 15) is 9.90 Å². The quantitative estimate of drug-likeness (QED) is 0.324. The van der Waals surface area contributed by atoms with E-state index in [2.05, 4.69) is 9.98 Å². The number of carbonyl (C=O) groups excluding carboxylic acids is 1. The van der Waals surface area contributed by atoms with Crippen LogP contribution in [0.4, 0.5) is 5.69 Å². The lowest BCUT2D eigenvalue weighted by atomic mass is 10.3. The molecule has 0 fully saturated rings. The molecule has 2 aromatic heterocycles. The maximum absolute atomic E-state index is 11.1. The fourth-order valence-electron chi connectivity index (χ4n) is 2.11. The van der Waals surface area contributed by atoms with E-state index in [1.165, 1.54) is 22.8 Å². The zero-order valence-corrected chi connectivity index (χ0v) is 14.8. The minimum atomic E-state index is -0.417. The van der Waals surface area contributed by atoms with Gasteiger partial charge in [-0.05, 0) is 36.5 Å². The first-order valence-electron chi connectivity index (χ1n) is 7.22. The van der Waals surface area contributed by atoms with Gasteiger partial charge in [0.2, 0.25) is 5.88 Å². The van der Waals surface area contributed by atoms with Crippen molar-refractivity contribution in [2.24, 2.45) is 4.99 Å². The number of pyridine rings is 1. The molecule has 0 aliphatic heterocycles. The second-order valence-corrected chi connectivity index (χ2v) is 6.63. The van der Waals surface area contributed by atoms with Gasteiger partial charge in [-0.25, -0.2) is 0 Å². The van der Waals surface area contributed by atoms with E-state index in [0.717, 1.165) is 0 Å². The summed E-state index contributed by atoms with van der Waals surface area (Å²) in [6, 6.07) is 10.3. The summed E-state index contributed by atoms with van der Waals surface area (Å²) in [6.45, 7) is 1.33. The first-order valence-corrected chi connectivity index (χ1v) is 8.45. The van der Waals surface area contributed by atoms with Crippen LogP contribution in [0.25, 0.3) is 5.69 Å². The highest BCUT2D eigenvalue weighted by molar-refractivity contribution is 7.73. The second kappa shape index (κ2) is 7.37. The van der Waals surface area contributed by atoms with Crippen molar-refractivity contribution in [3.8, 4) is 17.3 Å². The molecule has 0 aliphatic rings. The molecule has 0 amide bonds. The van der Waals surface area contributed by atoms with Crippen LogP contribution in [0, 0.1) is 3.95 Å². The third-order valence-electron chi connectivity index (χ3n) is 3.13. The molecular formula is C17H13N3O3S2. The smallest absolute Gasteiger partial charge is 0.308 e. The van der Waals surface area contributed by atoms with Crippen LogP contribution in [0.2, 0.25) is 0 Å². The van der Waals surface area contributed by atoms with Gasteiger partial charge in [-0.2, -0.15) is 0 Å². The van der Waals surface area contributed by atoms with Crippen molar-refractivity contribution in [3.05, 3.63) is 57.6 Å². The van der Waals surface area contributed by atoms with Crippen LogP contribution in [-0.2, 0) is 4.79 Å². The van der Waals surface area contributed by atoms with Gasteiger partial charge in [-0.3, -0.25) is 19.3 Å². The van der Waals surface area contributed by atoms with Crippen LogP contribution < -0.4 is 4.74 Å². The zero-order chi connectivity index (χ0) is 17.8. The van der Waals surface area contributed by atoms with Gasteiger partial charge in [0, 0.05) is 19.2 Å². The third kappa shape index (κ3) is 3.98. The fourth-order valence-corrected chi connectivity index (χ4v) is 3.33. The number of carbonyl (C=O) groups is 1. The van der Waals surface area contributed by atoms with E-state index in [1.807, 2.05) is 0 Å². The third-order valence-corrected chi connectivity index (χ3v) is 4.42. The Kier molecular flexibility index (Phi) is 5.01. The van der Waals surface area contributed by atoms with Crippen LogP contribution in [-0.4, -0.2) is 26.8 Å². The number of aromatic hydroxyl groups is 1. The summed E-state index contributed by atoms with van der Waals surface area (Å²) >= 11 is 6.57. The average molecular weight is 371 g/mol. The zero-order valence-electron chi connectivity index (χ0n) is 13.1. The number of hydrogen-bond donors (Lipinski definition) is 1. The van der Waals surface area contributed by atoms with Gasteiger partial charge in [-0.15, -0.1) is 0 Å². The Morgan fingerprint density at radius 3 is 2.96 bits per heavy atom. The maximum atomic E-state index is 11.1. The SMILES string of the molecule is CC(=O)Oc1cccc(-n2c(O)c(C=Nc3cccnc3)sc2=S)c1.